The molecule has 0 amide bonds. The Morgan fingerprint density at radius 3 is 2.35 bits per heavy atom. The summed E-state index contributed by atoms with van der Waals surface area (Å²) in [6, 6.07) is 2.62. The molecule has 0 aliphatic carbocycles. The van der Waals surface area contributed by atoms with E-state index >= 15 is 0 Å². The highest BCUT2D eigenvalue weighted by Gasteiger charge is 2.21. The second-order valence-electron chi connectivity index (χ2n) is 3.41. The highest BCUT2D eigenvalue weighted by atomic mass is 79.9. The van der Waals surface area contributed by atoms with E-state index in [1.165, 1.54) is 26.4 Å². The van der Waals surface area contributed by atoms with E-state index in [0.29, 0.717) is 5.75 Å². The van der Waals surface area contributed by atoms with Crippen molar-refractivity contribution in [1.29, 1.82) is 0 Å². The van der Waals surface area contributed by atoms with Crippen molar-refractivity contribution in [1.82, 2.24) is 4.89 Å². The van der Waals surface area contributed by atoms with Crippen LogP contribution in [-0.2, 0) is 19.7 Å². The van der Waals surface area contributed by atoms with Gasteiger partial charge >= 0.3 is 5.97 Å². The van der Waals surface area contributed by atoms with Gasteiger partial charge in [-0.15, -0.1) is 0 Å². The maximum Gasteiger partial charge on any atom is 0.331 e. The SMILES string of the molecule is COc1cc(Br)c(S(=O)(=O)NOCC(=O)O)cc1OC. The lowest BCUT2D eigenvalue weighted by Gasteiger charge is -2.12. The Labute approximate surface area is 123 Å². The number of carboxylic acid groups (broad SMARTS) is 1. The number of nitrogens with one attached hydrogen (secondary N) is 1. The minimum absolute atomic E-state index is 0.180. The summed E-state index contributed by atoms with van der Waals surface area (Å²) >= 11 is 3.08. The van der Waals surface area contributed by atoms with Crippen molar-refractivity contribution in [2.75, 3.05) is 20.8 Å². The minimum atomic E-state index is -4.06. The van der Waals surface area contributed by atoms with E-state index in [1.807, 2.05) is 0 Å². The molecular weight excluding hydrogens is 358 g/mol. The summed E-state index contributed by atoms with van der Waals surface area (Å²) in [6.07, 6.45) is 0. The van der Waals surface area contributed by atoms with Gasteiger partial charge in [-0.3, -0.25) is 4.84 Å². The lowest BCUT2D eigenvalue weighted by Crippen LogP contribution is -2.27. The van der Waals surface area contributed by atoms with E-state index in [-0.39, 0.29) is 15.1 Å². The summed E-state index contributed by atoms with van der Waals surface area (Å²) in [7, 11) is -1.30. The van der Waals surface area contributed by atoms with Crippen molar-refractivity contribution < 1.29 is 32.6 Å². The highest BCUT2D eigenvalue weighted by molar-refractivity contribution is 9.10. The van der Waals surface area contributed by atoms with Gasteiger partial charge in [-0.1, -0.05) is 4.89 Å². The number of aliphatic carboxylic acids is 1. The smallest absolute Gasteiger partial charge is 0.331 e. The zero-order valence-electron chi connectivity index (χ0n) is 10.5. The number of carboxylic acids is 1. The van der Waals surface area contributed by atoms with Gasteiger partial charge in [0.1, 0.15) is 4.90 Å². The van der Waals surface area contributed by atoms with Crippen LogP contribution in [0.15, 0.2) is 21.5 Å². The second-order valence-corrected chi connectivity index (χ2v) is 5.87. The third-order valence-electron chi connectivity index (χ3n) is 2.09. The van der Waals surface area contributed by atoms with Crippen molar-refractivity contribution in [3.8, 4) is 11.5 Å². The molecule has 0 bridgehead atoms. The zero-order valence-corrected chi connectivity index (χ0v) is 12.9. The quantitative estimate of drug-likeness (QED) is 0.682. The van der Waals surface area contributed by atoms with Gasteiger partial charge in [0.25, 0.3) is 10.0 Å². The fraction of sp³-hybridized carbons (Fsp3) is 0.300. The summed E-state index contributed by atoms with van der Waals surface area (Å²) in [5.74, 6) is -0.766. The third-order valence-corrected chi connectivity index (χ3v) is 4.26. The van der Waals surface area contributed by atoms with Crippen LogP contribution in [-0.4, -0.2) is 40.3 Å². The van der Waals surface area contributed by atoms with Gasteiger partial charge in [0.15, 0.2) is 18.1 Å². The number of carbonyl (C=O) groups is 1. The van der Waals surface area contributed by atoms with Gasteiger partial charge in [0.05, 0.1) is 14.2 Å². The van der Waals surface area contributed by atoms with E-state index in [2.05, 4.69) is 20.8 Å². The Kier molecular flexibility index (Phi) is 5.74. The average molecular weight is 370 g/mol. The number of ether oxygens (including phenoxy) is 2. The van der Waals surface area contributed by atoms with Gasteiger partial charge in [-0.2, -0.15) is 0 Å². The molecule has 20 heavy (non-hydrogen) atoms. The van der Waals surface area contributed by atoms with Crippen LogP contribution in [0.25, 0.3) is 0 Å². The molecule has 0 spiro atoms. The molecule has 0 aromatic heterocycles. The van der Waals surface area contributed by atoms with Crippen LogP contribution >= 0.6 is 15.9 Å². The summed E-state index contributed by atoms with van der Waals surface area (Å²) in [4.78, 5) is 16.2. The molecule has 1 aromatic carbocycles. The van der Waals surface area contributed by atoms with Crippen molar-refractivity contribution in [3.05, 3.63) is 16.6 Å². The summed E-state index contributed by atoms with van der Waals surface area (Å²) in [6.45, 7) is -0.801. The predicted octanol–water partition coefficient (Wildman–Crippen LogP) is 0.761. The minimum Gasteiger partial charge on any atom is -0.493 e. The van der Waals surface area contributed by atoms with Crippen LogP contribution in [0.4, 0.5) is 0 Å². The van der Waals surface area contributed by atoms with Gasteiger partial charge in [0.2, 0.25) is 0 Å². The molecule has 1 aromatic rings. The number of halogens is 1. The second kappa shape index (κ2) is 6.88. The third kappa shape index (κ3) is 4.07. The Balaban J connectivity index is 3.08. The summed E-state index contributed by atoms with van der Waals surface area (Å²) in [5, 5.41) is 8.38. The lowest BCUT2D eigenvalue weighted by molar-refractivity contribution is -0.143. The van der Waals surface area contributed by atoms with Crippen molar-refractivity contribution >= 4 is 31.9 Å². The lowest BCUT2D eigenvalue weighted by atomic mass is 10.3. The van der Waals surface area contributed by atoms with Gasteiger partial charge < -0.3 is 14.6 Å². The molecule has 0 radical (unpaired) electrons. The van der Waals surface area contributed by atoms with Crippen LogP contribution in [0.1, 0.15) is 0 Å². The number of hydrogen-bond acceptors (Lipinski definition) is 6. The normalized spacial score (nSPS) is 11.2. The largest absolute Gasteiger partial charge is 0.493 e. The van der Waals surface area contributed by atoms with Crippen molar-refractivity contribution in [3.63, 3.8) is 0 Å². The molecule has 2 N–H and O–H groups in total. The Bertz CT molecular complexity index is 602. The van der Waals surface area contributed by atoms with Crippen LogP contribution in [0.3, 0.4) is 0 Å². The average Bonchev–Trinajstić information content (AvgIpc) is 2.37. The number of benzene rings is 1. The number of hydrogen-bond donors (Lipinski definition) is 2. The fourth-order valence-corrected chi connectivity index (χ4v) is 3.10. The maximum atomic E-state index is 11.9. The van der Waals surface area contributed by atoms with Gasteiger partial charge in [-0.05, 0) is 22.0 Å². The first-order valence-electron chi connectivity index (χ1n) is 5.08. The van der Waals surface area contributed by atoms with E-state index in [9.17, 15) is 13.2 Å². The Hall–Kier alpha value is -1.36. The molecule has 1 rings (SSSR count). The topological polar surface area (TPSA) is 111 Å². The molecule has 10 heteroatoms. The highest BCUT2D eigenvalue weighted by Crippen LogP contribution is 2.35. The molecule has 0 fully saturated rings. The summed E-state index contributed by atoms with van der Waals surface area (Å²) < 4.78 is 34.1. The van der Waals surface area contributed by atoms with Crippen LogP contribution in [0.2, 0.25) is 0 Å². The standard InChI is InChI=1S/C10H12BrNO7S/c1-17-7-3-6(11)9(4-8(7)18-2)20(15,16)12-19-5-10(13)14/h3-4,12H,5H2,1-2H3,(H,13,14). The number of methoxy groups -OCH3 is 2. The molecule has 0 aliphatic heterocycles. The van der Waals surface area contributed by atoms with E-state index in [0.717, 1.165) is 0 Å². The van der Waals surface area contributed by atoms with Crippen molar-refractivity contribution in [2.24, 2.45) is 0 Å². The molecule has 0 saturated carbocycles. The first kappa shape index (κ1) is 16.7. The predicted molar refractivity (Wildman–Crippen MR) is 71.2 cm³/mol. The molecule has 0 atom stereocenters. The zero-order chi connectivity index (χ0) is 15.3. The number of rotatable bonds is 7. The molecule has 0 saturated heterocycles. The molecule has 0 unspecified atom stereocenters. The molecule has 0 heterocycles. The fourth-order valence-electron chi connectivity index (χ4n) is 1.26. The first-order chi connectivity index (χ1) is 9.31. The first-order valence-corrected chi connectivity index (χ1v) is 7.36. The molecule has 0 aliphatic rings. The van der Waals surface area contributed by atoms with E-state index < -0.39 is 22.6 Å². The van der Waals surface area contributed by atoms with E-state index in [1.54, 1.807) is 4.89 Å². The molecule has 112 valence electrons. The van der Waals surface area contributed by atoms with Gasteiger partial charge in [-0.25, -0.2) is 13.2 Å². The van der Waals surface area contributed by atoms with Crippen LogP contribution in [0.5, 0.6) is 11.5 Å². The molecule has 8 nitrogen and oxygen atoms in total. The Morgan fingerprint density at radius 2 is 1.85 bits per heavy atom. The monoisotopic (exact) mass is 369 g/mol. The van der Waals surface area contributed by atoms with Gasteiger partial charge in [0, 0.05) is 10.5 Å². The van der Waals surface area contributed by atoms with Crippen molar-refractivity contribution in [2.45, 2.75) is 4.90 Å². The van der Waals surface area contributed by atoms with Crippen LogP contribution < -0.4 is 14.4 Å². The Morgan fingerprint density at radius 1 is 1.30 bits per heavy atom. The molecular formula is C10H12BrNO7S. The van der Waals surface area contributed by atoms with Crippen LogP contribution in [0, 0.1) is 0 Å². The van der Waals surface area contributed by atoms with E-state index in [4.69, 9.17) is 14.6 Å². The summed E-state index contributed by atoms with van der Waals surface area (Å²) in [5.41, 5.74) is 0. The number of sulfonamides is 1. The maximum absolute atomic E-state index is 11.9.